The van der Waals surface area contributed by atoms with Crippen molar-refractivity contribution >= 4 is 42.7 Å². The van der Waals surface area contributed by atoms with Crippen LogP contribution in [0.15, 0.2) is 18.2 Å². The molecule has 0 radical (unpaired) electrons. The van der Waals surface area contributed by atoms with Gasteiger partial charge < -0.3 is 0 Å². The molecule has 0 atom stereocenters. The Bertz CT molecular complexity index is 427. The molecule has 0 saturated carbocycles. The normalized spacial score (nSPS) is 15.9. The van der Waals surface area contributed by atoms with E-state index in [1.165, 1.54) is 0 Å². The standard InChI is InChI=1S/C10H7O4.Na/c11-9-7-1-2-8(4-3-7)10(12)14-6-5-13-9;/h1-3H,5-6H2;. The maximum absolute atomic E-state index is 11.5. The minimum absolute atomic E-state index is 0.111. The molecule has 2 bridgehead atoms. The summed E-state index contributed by atoms with van der Waals surface area (Å²) in [6.07, 6.45) is 0. The van der Waals surface area contributed by atoms with Gasteiger partial charge in [0.25, 0.3) is 0 Å². The monoisotopic (exact) mass is 214 g/mol. The molecule has 0 aromatic heterocycles. The topological polar surface area (TPSA) is 52.6 Å². The second-order valence-corrected chi connectivity index (χ2v) is 4.38. The van der Waals surface area contributed by atoms with E-state index in [4.69, 9.17) is 9.47 Å². The van der Waals surface area contributed by atoms with E-state index in [9.17, 15) is 9.59 Å². The van der Waals surface area contributed by atoms with Crippen molar-refractivity contribution in [1.82, 2.24) is 0 Å². The Morgan fingerprint density at radius 3 is 2.40 bits per heavy atom. The first kappa shape index (κ1) is 10.7. The van der Waals surface area contributed by atoms with Gasteiger partial charge in [-0.25, -0.2) is 0 Å². The zero-order valence-corrected chi connectivity index (χ0v) is 10.3. The SMILES string of the molecule is O=C1OCCOC(=O)c2ccc1c[c]2[Na]. The third-order valence-electron chi connectivity index (χ3n) is 2.23. The van der Waals surface area contributed by atoms with Gasteiger partial charge in [0.1, 0.15) is 0 Å². The van der Waals surface area contributed by atoms with Crippen molar-refractivity contribution in [2.75, 3.05) is 13.2 Å². The van der Waals surface area contributed by atoms with Crippen LogP contribution in [0.3, 0.4) is 0 Å². The average molecular weight is 214 g/mol. The van der Waals surface area contributed by atoms with Crippen molar-refractivity contribution in [3.05, 3.63) is 29.3 Å². The Balaban J connectivity index is 2.49. The summed E-state index contributed by atoms with van der Waals surface area (Å²) in [7, 11) is 0. The summed E-state index contributed by atoms with van der Waals surface area (Å²) in [5, 5.41) is 0. The van der Waals surface area contributed by atoms with Crippen molar-refractivity contribution in [3.8, 4) is 0 Å². The molecule has 0 fully saturated rings. The quantitative estimate of drug-likeness (QED) is 0.443. The summed E-state index contributed by atoms with van der Waals surface area (Å²) < 4.78 is 10.7. The van der Waals surface area contributed by atoms with Crippen molar-refractivity contribution in [2.45, 2.75) is 0 Å². The van der Waals surface area contributed by atoms with Crippen molar-refractivity contribution in [1.29, 1.82) is 0 Å². The molecule has 1 aromatic rings. The first-order valence-corrected chi connectivity index (χ1v) is 5.63. The molecular weight excluding hydrogens is 207 g/mol. The van der Waals surface area contributed by atoms with E-state index in [1.54, 1.807) is 18.2 Å². The first-order chi connectivity index (χ1) is 7.18. The summed E-state index contributed by atoms with van der Waals surface area (Å²) in [5.41, 5.74) is 1.05. The Morgan fingerprint density at radius 2 is 1.73 bits per heavy atom. The molecule has 4 nitrogen and oxygen atoms in total. The van der Waals surface area contributed by atoms with Gasteiger partial charge in [0.05, 0.1) is 0 Å². The average Bonchev–Trinajstić information content (AvgIpc) is 2.23. The van der Waals surface area contributed by atoms with Crippen LogP contribution in [-0.2, 0) is 9.47 Å². The zero-order chi connectivity index (χ0) is 10.8. The number of ether oxygens (including phenoxy) is 2. The second-order valence-electron chi connectivity index (χ2n) is 3.30. The zero-order valence-electron chi connectivity index (χ0n) is 8.28. The fraction of sp³-hybridized carbons (Fsp3) is 0.200. The van der Waals surface area contributed by atoms with Gasteiger partial charge in [-0.3, -0.25) is 0 Å². The third-order valence-corrected chi connectivity index (χ3v) is 3.06. The Kier molecular flexibility index (Phi) is 3.09. The summed E-state index contributed by atoms with van der Waals surface area (Å²) in [4.78, 5) is 22.9. The Hall–Kier alpha value is -0.840. The Labute approximate surface area is 104 Å². The predicted molar refractivity (Wildman–Crippen MR) is 52.4 cm³/mol. The number of carbonyl (C=O) groups is 2. The molecule has 2 aliphatic rings. The molecule has 1 aromatic carbocycles. The molecule has 15 heavy (non-hydrogen) atoms. The molecular formula is C10H7NaO4. The van der Waals surface area contributed by atoms with Crippen LogP contribution >= 0.6 is 0 Å². The summed E-state index contributed by atoms with van der Waals surface area (Å²) >= 11 is 0.690. The van der Waals surface area contributed by atoms with E-state index >= 15 is 0 Å². The van der Waals surface area contributed by atoms with E-state index in [1.807, 2.05) is 0 Å². The van der Waals surface area contributed by atoms with Crippen LogP contribution in [0.5, 0.6) is 0 Å². The molecule has 0 unspecified atom stereocenters. The van der Waals surface area contributed by atoms with Gasteiger partial charge in [-0.2, -0.15) is 0 Å². The van der Waals surface area contributed by atoms with Crippen LogP contribution in [0.2, 0.25) is 0 Å². The Morgan fingerprint density at radius 1 is 1.07 bits per heavy atom. The fourth-order valence-corrected chi connectivity index (χ4v) is 2.13. The first-order valence-electron chi connectivity index (χ1n) is 4.63. The molecule has 72 valence electrons. The second kappa shape index (κ2) is 4.35. The molecule has 0 spiro atoms. The number of hydrogen-bond acceptors (Lipinski definition) is 4. The van der Waals surface area contributed by atoms with Gasteiger partial charge in [-0.05, 0) is 0 Å². The number of rotatable bonds is 0. The molecule has 2 aliphatic heterocycles. The number of carbonyl (C=O) groups excluding carboxylic acids is 2. The van der Waals surface area contributed by atoms with Crippen molar-refractivity contribution < 1.29 is 19.1 Å². The molecule has 0 N–H and O–H groups in total. The molecule has 3 rings (SSSR count). The summed E-state index contributed by atoms with van der Waals surface area (Å²) in [6.45, 7) is 0.226. The van der Waals surface area contributed by atoms with Gasteiger partial charge >= 0.3 is 104 Å². The predicted octanol–water partition coefficient (Wildman–Crippen LogP) is -0.192. The van der Waals surface area contributed by atoms with Crippen LogP contribution in [0.1, 0.15) is 20.7 Å². The van der Waals surface area contributed by atoms with Gasteiger partial charge in [0.2, 0.25) is 0 Å². The van der Waals surface area contributed by atoms with Crippen LogP contribution < -0.4 is 2.81 Å². The van der Waals surface area contributed by atoms with Crippen LogP contribution in [-0.4, -0.2) is 53.1 Å². The molecule has 2 heterocycles. The molecule has 0 aliphatic carbocycles. The third kappa shape index (κ3) is 2.22. The van der Waals surface area contributed by atoms with Gasteiger partial charge in [0, 0.05) is 0 Å². The van der Waals surface area contributed by atoms with E-state index in [0.717, 1.165) is 2.81 Å². The van der Waals surface area contributed by atoms with E-state index in [-0.39, 0.29) is 25.2 Å². The van der Waals surface area contributed by atoms with Gasteiger partial charge in [-0.1, -0.05) is 0 Å². The van der Waals surface area contributed by atoms with E-state index in [2.05, 4.69) is 0 Å². The number of hydrogen-bond donors (Lipinski definition) is 0. The fourth-order valence-electron chi connectivity index (χ4n) is 1.45. The van der Waals surface area contributed by atoms with Crippen molar-refractivity contribution in [2.24, 2.45) is 0 Å². The van der Waals surface area contributed by atoms with Crippen LogP contribution in [0.25, 0.3) is 0 Å². The van der Waals surface area contributed by atoms with Crippen LogP contribution in [0, 0.1) is 0 Å². The molecule has 0 saturated heterocycles. The number of benzene rings is 1. The number of fused-ring (bicyclic) bond motifs is 7. The number of esters is 2. The summed E-state index contributed by atoms with van der Waals surface area (Å²) in [6, 6.07) is 4.90. The van der Waals surface area contributed by atoms with Crippen LogP contribution in [0.4, 0.5) is 0 Å². The van der Waals surface area contributed by atoms with E-state index < -0.39 is 0 Å². The molecule has 5 heteroatoms. The maximum atomic E-state index is 11.5. The molecule has 0 amide bonds. The van der Waals surface area contributed by atoms with Gasteiger partial charge in [-0.15, -0.1) is 0 Å². The minimum atomic E-state index is -0.364. The summed E-state index contributed by atoms with van der Waals surface area (Å²) in [5.74, 6) is -0.707. The van der Waals surface area contributed by atoms with E-state index in [0.29, 0.717) is 39.1 Å². The van der Waals surface area contributed by atoms with Crippen molar-refractivity contribution in [3.63, 3.8) is 0 Å². The van der Waals surface area contributed by atoms with Gasteiger partial charge in [0.15, 0.2) is 0 Å².